The third-order valence-electron chi connectivity index (χ3n) is 6.30. The van der Waals surface area contributed by atoms with Crippen LogP contribution < -0.4 is 9.72 Å². The molecule has 1 amide bonds. The first kappa shape index (κ1) is 22.5. The molecular weight excluding hydrogens is 462 g/mol. The second-order valence-electron chi connectivity index (χ2n) is 8.81. The van der Waals surface area contributed by atoms with Gasteiger partial charge in [-0.25, -0.2) is 4.40 Å². The Morgan fingerprint density at radius 2 is 1.78 bits per heavy atom. The maximum atomic E-state index is 12.3. The number of benzene rings is 2. The van der Waals surface area contributed by atoms with Gasteiger partial charge < -0.3 is 5.32 Å². The van der Waals surface area contributed by atoms with Crippen LogP contribution >= 0.6 is 0 Å². The minimum atomic E-state index is -0.0946. The third-order valence-corrected chi connectivity index (χ3v) is 6.30. The van der Waals surface area contributed by atoms with Gasteiger partial charge in [-0.3, -0.25) is 19.7 Å². The molecule has 37 heavy (non-hydrogen) atoms. The highest BCUT2D eigenvalue weighted by Gasteiger charge is 2.22. The summed E-state index contributed by atoms with van der Waals surface area (Å²) < 4.78 is 4.03. The normalized spacial score (nSPS) is 11.2. The number of nitrogens with zero attached hydrogens (tertiary/aromatic N) is 6. The minimum absolute atomic E-state index is 0.0946. The number of hydrogen-bond donors (Lipinski definition) is 1. The van der Waals surface area contributed by atoms with Gasteiger partial charge in [0, 0.05) is 48.9 Å². The van der Waals surface area contributed by atoms with Crippen LogP contribution in [0.2, 0.25) is 0 Å². The van der Waals surface area contributed by atoms with E-state index < -0.39 is 0 Å². The van der Waals surface area contributed by atoms with Gasteiger partial charge in [0.15, 0.2) is 0 Å². The average Bonchev–Trinajstić information content (AvgIpc) is 3.29. The zero-order valence-electron chi connectivity index (χ0n) is 20.2. The maximum absolute atomic E-state index is 12.3. The summed E-state index contributed by atoms with van der Waals surface area (Å²) in [4.78, 5) is 25.2. The molecule has 2 aromatic carbocycles. The number of aryl methyl sites for hydroxylation is 1. The van der Waals surface area contributed by atoms with Crippen molar-refractivity contribution in [2.45, 2.75) is 19.9 Å². The predicted molar refractivity (Wildman–Crippen MR) is 140 cm³/mol. The molecule has 4 aromatic heterocycles. The summed E-state index contributed by atoms with van der Waals surface area (Å²) >= 11 is 0. The van der Waals surface area contributed by atoms with E-state index in [-0.39, 0.29) is 12.3 Å². The first-order valence-corrected chi connectivity index (χ1v) is 12.0. The number of rotatable bonds is 6. The molecule has 8 nitrogen and oxygen atoms in total. The van der Waals surface area contributed by atoms with Gasteiger partial charge in [-0.15, -0.1) is 0 Å². The Bertz CT molecular complexity index is 1710. The summed E-state index contributed by atoms with van der Waals surface area (Å²) in [6.45, 7) is 2.42. The SMILES string of the molecule is Cc1nn(-c2ccc(CNC(=O)Cc3cnccn3)cc2)c2c3cc(-c4ccccc4)cnc3cc[n+]12. The van der Waals surface area contributed by atoms with E-state index in [4.69, 9.17) is 10.1 Å². The highest BCUT2D eigenvalue weighted by atomic mass is 16.1. The Balaban J connectivity index is 1.30. The van der Waals surface area contributed by atoms with Crippen molar-refractivity contribution in [2.24, 2.45) is 0 Å². The summed E-state index contributed by atoms with van der Waals surface area (Å²) in [6, 6.07) is 22.5. The van der Waals surface area contributed by atoms with Crippen molar-refractivity contribution < 1.29 is 9.20 Å². The van der Waals surface area contributed by atoms with Gasteiger partial charge in [0.25, 0.3) is 11.5 Å². The van der Waals surface area contributed by atoms with Crippen molar-refractivity contribution in [1.82, 2.24) is 30.0 Å². The van der Waals surface area contributed by atoms with Gasteiger partial charge in [0.2, 0.25) is 5.91 Å². The van der Waals surface area contributed by atoms with E-state index in [0.29, 0.717) is 12.2 Å². The van der Waals surface area contributed by atoms with E-state index in [1.807, 2.05) is 72.5 Å². The molecule has 8 heteroatoms. The van der Waals surface area contributed by atoms with Gasteiger partial charge in [0.05, 0.1) is 29.2 Å². The number of carbonyl (C=O) groups is 1. The number of amides is 1. The number of aromatic nitrogens is 6. The Labute approximate surface area is 213 Å². The second kappa shape index (κ2) is 9.58. The lowest BCUT2D eigenvalue weighted by Gasteiger charge is -2.06. The lowest BCUT2D eigenvalue weighted by molar-refractivity contribution is -0.519. The van der Waals surface area contributed by atoms with Gasteiger partial charge >= 0.3 is 0 Å². The summed E-state index contributed by atoms with van der Waals surface area (Å²) in [6.07, 6.45) is 8.90. The number of carbonyl (C=O) groups excluding carboxylic acids is 1. The minimum Gasteiger partial charge on any atom is -0.352 e. The molecule has 6 rings (SSSR count). The molecule has 0 aliphatic heterocycles. The Hall–Kier alpha value is -4.98. The molecular formula is C29H24N7O+. The van der Waals surface area contributed by atoms with Crippen molar-refractivity contribution in [1.29, 1.82) is 0 Å². The van der Waals surface area contributed by atoms with Gasteiger partial charge in [-0.05, 0) is 35.4 Å². The Morgan fingerprint density at radius 3 is 2.57 bits per heavy atom. The van der Waals surface area contributed by atoms with Crippen LogP contribution in [-0.2, 0) is 17.8 Å². The van der Waals surface area contributed by atoms with Crippen molar-refractivity contribution in [3.05, 3.63) is 115 Å². The van der Waals surface area contributed by atoms with Crippen LogP contribution in [0.3, 0.4) is 0 Å². The van der Waals surface area contributed by atoms with E-state index in [9.17, 15) is 4.79 Å². The Morgan fingerprint density at radius 1 is 0.946 bits per heavy atom. The second-order valence-corrected chi connectivity index (χ2v) is 8.81. The van der Waals surface area contributed by atoms with E-state index >= 15 is 0 Å². The molecule has 0 spiro atoms. The molecule has 0 radical (unpaired) electrons. The van der Waals surface area contributed by atoms with Crippen LogP contribution in [0.1, 0.15) is 17.1 Å². The quantitative estimate of drug-likeness (QED) is 0.362. The lowest BCUT2D eigenvalue weighted by atomic mass is 10.1. The smallest absolute Gasteiger partial charge is 0.280 e. The first-order chi connectivity index (χ1) is 18.2. The monoisotopic (exact) mass is 486 g/mol. The molecule has 180 valence electrons. The highest BCUT2D eigenvalue weighted by molar-refractivity contribution is 5.92. The number of pyridine rings is 2. The molecule has 0 saturated carbocycles. The van der Waals surface area contributed by atoms with Crippen LogP contribution in [0.5, 0.6) is 0 Å². The van der Waals surface area contributed by atoms with Crippen LogP contribution in [-0.4, -0.2) is 30.6 Å². The van der Waals surface area contributed by atoms with Crippen molar-refractivity contribution >= 4 is 22.5 Å². The molecule has 0 fully saturated rings. The van der Waals surface area contributed by atoms with Crippen LogP contribution in [0.15, 0.2) is 97.7 Å². The molecule has 0 unspecified atom stereocenters. The van der Waals surface area contributed by atoms with Crippen LogP contribution in [0.25, 0.3) is 33.4 Å². The fourth-order valence-corrected chi connectivity index (χ4v) is 4.42. The van der Waals surface area contributed by atoms with E-state index in [1.165, 1.54) is 0 Å². The number of nitrogens with one attached hydrogen (secondary N) is 1. The van der Waals surface area contributed by atoms with Crippen LogP contribution in [0, 0.1) is 6.92 Å². The predicted octanol–water partition coefficient (Wildman–Crippen LogP) is 3.78. The summed E-state index contributed by atoms with van der Waals surface area (Å²) in [7, 11) is 0. The zero-order chi connectivity index (χ0) is 25.2. The molecule has 4 heterocycles. The van der Waals surface area contributed by atoms with E-state index in [0.717, 1.165) is 44.8 Å². The van der Waals surface area contributed by atoms with Crippen molar-refractivity contribution in [2.75, 3.05) is 0 Å². The van der Waals surface area contributed by atoms with Gasteiger partial charge in [0.1, 0.15) is 5.69 Å². The summed E-state index contributed by atoms with van der Waals surface area (Å²) in [5, 5.41) is 8.80. The molecule has 1 N–H and O–H groups in total. The highest BCUT2D eigenvalue weighted by Crippen LogP contribution is 2.25. The Kier molecular flexibility index (Phi) is 5.82. The number of fused-ring (bicyclic) bond motifs is 3. The summed E-state index contributed by atoms with van der Waals surface area (Å²) in [5.74, 6) is 0.783. The molecule has 0 aliphatic carbocycles. The fraction of sp³-hybridized carbons (Fsp3) is 0.103. The standard InChI is InChI=1S/C29H23N7O/c1-20-34-36(25-9-7-21(8-10-25)17-33-28(37)16-24-19-30-12-13-31-24)29-26-15-23(22-5-3-2-4-6-22)18-32-27(26)11-14-35(20)29/h2-15,18-19H,16-17H2,1H3/p+1. The molecule has 6 aromatic rings. The van der Waals surface area contributed by atoms with E-state index in [2.05, 4.69) is 37.9 Å². The molecule has 0 saturated heterocycles. The van der Waals surface area contributed by atoms with Crippen LogP contribution in [0.4, 0.5) is 0 Å². The lowest BCUT2D eigenvalue weighted by Crippen LogP contribution is -2.25. The van der Waals surface area contributed by atoms with Crippen molar-refractivity contribution in [3.63, 3.8) is 0 Å². The topological polar surface area (TPSA) is 89.7 Å². The van der Waals surface area contributed by atoms with E-state index in [1.54, 1.807) is 18.6 Å². The average molecular weight is 487 g/mol. The molecule has 0 atom stereocenters. The van der Waals surface area contributed by atoms with Gasteiger partial charge in [-0.1, -0.05) is 47.1 Å². The molecule has 0 bridgehead atoms. The number of hydrogen-bond acceptors (Lipinski definition) is 5. The fourth-order valence-electron chi connectivity index (χ4n) is 4.42. The third kappa shape index (κ3) is 4.52. The largest absolute Gasteiger partial charge is 0.352 e. The van der Waals surface area contributed by atoms with Crippen molar-refractivity contribution in [3.8, 4) is 16.8 Å². The maximum Gasteiger partial charge on any atom is 0.280 e. The summed E-state index contributed by atoms with van der Waals surface area (Å²) in [5.41, 5.74) is 6.60. The first-order valence-electron chi connectivity index (χ1n) is 12.0. The molecule has 0 aliphatic rings. The zero-order valence-corrected chi connectivity index (χ0v) is 20.2. The van der Waals surface area contributed by atoms with Gasteiger partial charge in [-0.2, -0.15) is 0 Å².